The van der Waals surface area contributed by atoms with Crippen molar-refractivity contribution in [3.8, 4) is 0 Å². The van der Waals surface area contributed by atoms with Crippen molar-refractivity contribution < 1.29 is 0 Å². The van der Waals surface area contributed by atoms with Gasteiger partial charge in [-0.05, 0) is 49.5 Å². The lowest BCUT2D eigenvalue weighted by Crippen LogP contribution is -2.10. The van der Waals surface area contributed by atoms with Gasteiger partial charge in [0.15, 0.2) is 0 Å². The van der Waals surface area contributed by atoms with E-state index < -0.39 is 0 Å². The second kappa shape index (κ2) is 3.66. The van der Waals surface area contributed by atoms with Crippen LogP contribution >= 0.6 is 0 Å². The third kappa shape index (κ3) is 1.75. The lowest BCUT2D eigenvalue weighted by atomic mass is 9.98. The number of hydrogen-bond donors (Lipinski definition) is 2. The van der Waals surface area contributed by atoms with Gasteiger partial charge in [0.1, 0.15) is 0 Å². The van der Waals surface area contributed by atoms with Gasteiger partial charge in [-0.3, -0.25) is 0 Å². The summed E-state index contributed by atoms with van der Waals surface area (Å²) in [5, 5.41) is 3.40. The van der Waals surface area contributed by atoms with Crippen LogP contribution in [0.4, 0.5) is 0 Å². The molecular formula is C12H15N3. The average molecular weight is 201 g/mol. The molecule has 1 aromatic heterocycles. The van der Waals surface area contributed by atoms with Gasteiger partial charge >= 0.3 is 0 Å². The first-order chi connectivity index (χ1) is 7.42. The SMILES string of the molecule is c1nc2ccc(CC3CCNC3)cc2[nH]1. The zero-order valence-electron chi connectivity index (χ0n) is 8.66. The fourth-order valence-electron chi connectivity index (χ4n) is 2.33. The fraction of sp³-hybridized carbons (Fsp3) is 0.417. The van der Waals surface area contributed by atoms with Crippen molar-refractivity contribution in [2.75, 3.05) is 13.1 Å². The summed E-state index contributed by atoms with van der Waals surface area (Å²) in [5.74, 6) is 0.811. The highest BCUT2D eigenvalue weighted by Gasteiger charge is 2.14. The number of benzene rings is 1. The number of fused-ring (bicyclic) bond motifs is 1. The van der Waals surface area contributed by atoms with Crippen molar-refractivity contribution in [3.63, 3.8) is 0 Å². The summed E-state index contributed by atoms with van der Waals surface area (Å²) in [4.78, 5) is 7.38. The van der Waals surface area contributed by atoms with Crippen LogP contribution in [0.2, 0.25) is 0 Å². The predicted molar refractivity (Wildman–Crippen MR) is 60.8 cm³/mol. The van der Waals surface area contributed by atoms with Gasteiger partial charge in [0.25, 0.3) is 0 Å². The van der Waals surface area contributed by atoms with Crippen molar-refractivity contribution >= 4 is 11.0 Å². The Bertz CT molecular complexity index is 455. The van der Waals surface area contributed by atoms with Gasteiger partial charge in [0.05, 0.1) is 17.4 Å². The Morgan fingerprint density at radius 2 is 2.40 bits per heavy atom. The summed E-state index contributed by atoms with van der Waals surface area (Å²) >= 11 is 0. The quantitative estimate of drug-likeness (QED) is 0.776. The summed E-state index contributed by atoms with van der Waals surface area (Å²) in [6, 6.07) is 6.52. The Kier molecular flexibility index (Phi) is 2.18. The smallest absolute Gasteiger partial charge is 0.0931 e. The van der Waals surface area contributed by atoms with Crippen LogP contribution in [0.25, 0.3) is 11.0 Å². The molecule has 3 heteroatoms. The lowest BCUT2D eigenvalue weighted by Gasteiger charge is -2.07. The van der Waals surface area contributed by atoms with Gasteiger partial charge in [-0.25, -0.2) is 4.98 Å². The highest BCUT2D eigenvalue weighted by Crippen LogP contribution is 2.18. The molecule has 0 radical (unpaired) electrons. The summed E-state index contributed by atoms with van der Waals surface area (Å²) in [5.41, 5.74) is 3.63. The number of nitrogens with one attached hydrogen (secondary N) is 2. The standard InChI is InChI=1S/C12H15N3/c1-2-11-12(15-8-14-11)6-9(1)5-10-3-4-13-7-10/h1-2,6,8,10,13H,3-5,7H2,(H,14,15). The van der Waals surface area contributed by atoms with Crippen molar-refractivity contribution in [3.05, 3.63) is 30.1 Å². The van der Waals surface area contributed by atoms with E-state index in [9.17, 15) is 0 Å². The maximum Gasteiger partial charge on any atom is 0.0931 e. The number of rotatable bonds is 2. The van der Waals surface area contributed by atoms with Crippen LogP contribution in [0.15, 0.2) is 24.5 Å². The van der Waals surface area contributed by atoms with Crippen LogP contribution in [0, 0.1) is 5.92 Å². The van der Waals surface area contributed by atoms with Crippen LogP contribution in [0.5, 0.6) is 0 Å². The third-order valence-electron chi connectivity index (χ3n) is 3.17. The summed E-state index contributed by atoms with van der Waals surface area (Å²) < 4.78 is 0. The first-order valence-corrected chi connectivity index (χ1v) is 5.54. The van der Waals surface area contributed by atoms with E-state index >= 15 is 0 Å². The van der Waals surface area contributed by atoms with E-state index in [1.54, 1.807) is 6.33 Å². The molecule has 2 aromatic rings. The molecule has 0 saturated carbocycles. The van der Waals surface area contributed by atoms with Crippen LogP contribution < -0.4 is 5.32 Å². The van der Waals surface area contributed by atoms with E-state index in [1.807, 2.05) is 0 Å². The van der Waals surface area contributed by atoms with Crippen molar-refractivity contribution in [1.82, 2.24) is 15.3 Å². The summed E-state index contributed by atoms with van der Waals surface area (Å²) in [6.45, 7) is 2.35. The molecular weight excluding hydrogens is 186 g/mol. The number of aromatic amines is 1. The number of hydrogen-bond acceptors (Lipinski definition) is 2. The first kappa shape index (κ1) is 8.92. The van der Waals surface area contributed by atoms with Gasteiger partial charge in [-0.15, -0.1) is 0 Å². The average Bonchev–Trinajstić information content (AvgIpc) is 2.87. The van der Waals surface area contributed by atoms with E-state index in [1.165, 1.54) is 31.5 Å². The second-order valence-electron chi connectivity index (χ2n) is 4.32. The minimum atomic E-state index is 0.811. The maximum atomic E-state index is 4.22. The van der Waals surface area contributed by atoms with Crippen LogP contribution in [-0.4, -0.2) is 23.1 Å². The first-order valence-electron chi connectivity index (χ1n) is 5.54. The molecule has 1 aromatic carbocycles. The van der Waals surface area contributed by atoms with E-state index in [4.69, 9.17) is 0 Å². The maximum absolute atomic E-state index is 4.22. The molecule has 0 amide bonds. The fourth-order valence-corrected chi connectivity index (χ4v) is 2.33. The van der Waals surface area contributed by atoms with Crippen molar-refractivity contribution in [1.29, 1.82) is 0 Å². The Balaban J connectivity index is 1.84. The topological polar surface area (TPSA) is 40.7 Å². The molecule has 2 heterocycles. The lowest BCUT2D eigenvalue weighted by molar-refractivity contribution is 0.580. The molecule has 0 bridgehead atoms. The zero-order valence-corrected chi connectivity index (χ0v) is 8.66. The molecule has 0 aliphatic carbocycles. The molecule has 3 rings (SSSR count). The van der Waals surface area contributed by atoms with E-state index in [2.05, 4.69) is 33.5 Å². The van der Waals surface area contributed by atoms with Crippen molar-refractivity contribution in [2.45, 2.75) is 12.8 Å². The number of imidazole rings is 1. The summed E-state index contributed by atoms with van der Waals surface area (Å²) in [7, 11) is 0. The summed E-state index contributed by atoms with van der Waals surface area (Å²) in [6.07, 6.45) is 4.24. The second-order valence-corrected chi connectivity index (χ2v) is 4.32. The van der Waals surface area contributed by atoms with Gasteiger partial charge < -0.3 is 10.3 Å². The molecule has 2 N–H and O–H groups in total. The molecule has 3 nitrogen and oxygen atoms in total. The molecule has 1 unspecified atom stereocenters. The highest BCUT2D eigenvalue weighted by molar-refractivity contribution is 5.75. The Morgan fingerprint density at radius 3 is 3.27 bits per heavy atom. The molecule has 1 atom stereocenters. The molecule has 0 spiro atoms. The minimum Gasteiger partial charge on any atom is -0.345 e. The molecule has 15 heavy (non-hydrogen) atoms. The monoisotopic (exact) mass is 201 g/mol. The zero-order chi connectivity index (χ0) is 10.1. The van der Waals surface area contributed by atoms with Gasteiger partial charge in [0, 0.05) is 0 Å². The largest absolute Gasteiger partial charge is 0.345 e. The predicted octanol–water partition coefficient (Wildman–Crippen LogP) is 1.71. The number of H-pyrrole nitrogens is 1. The number of nitrogens with zero attached hydrogens (tertiary/aromatic N) is 1. The van der Waals surface area contributed by atoms with E-state index in [0.717, 1.165) is 17.0 Å². The van der Waals surface area contributed by atoms with Crippen LogP contribution in [-0.2, 0) is 6.42 Å². The van der Waals surface area contributed by atoms with Crippen LogP contribution in [0.1, 0.15) is 12.0 Å². The minimum absolute atomic E-state index is 0.811. The Labute approximate surface area is 88.9 Å². The van der Waals surface area contributed by atoms with E-state index in [-0.39, 0.29) is 0 Å². The van der Waals surface area contributed by atoms with Gasteiger partial charge in [-0.1, -0.05) is 6.07 Å². The number of aromatic nitrogens is 2. The van der Waals surface area contributed by atoms with Gasteiger partial charge in [-0.2, -0.15) is 0 Å². The van der Waals surface area contributed by atoms with E-state index in [0.29, 0.717) is 0 Å². The molecule has 78 valence electrons. The molecule has 1 aliphatic heterocycles. The molecule has 1 saturated heterocycles. The van der Waals surface area contributed by atoms with Crippen molar-refractivity contribution in [2.24, 2.45) is 5.92 Å². The molecule has 1 fully saturated rings. The molecule has 1 aliphatic rings. The van der Waals surface area contributed by atoms with Crippen LogP contribution in [0.3, 0.4) is 0 Å². The Hall–Kier alpha value is -1.35. The Morgan fingerprint density at radius 1 is 1.40 bits per heavy atom. The van der Waals surface area contributed by atoms with Gasteiger partial charge in [0.2, 0.25) is 0 Å². The normalized spacial score (nSPS) is 21.2. The highest BCUT2D eigenvalue weighted by atomic mass is 14.9. The third-order valence-corrected chi connectivity index (χ3v) is 3.17.